The van der Waals surface area contributed by atoms with E-state index in [0.717, 1.165) is 23.8 Å². The van der Waals surface area contributed by atoms with Crippen LogP contribution in [-0.4, -0.2) is 48.1 Å². The molecule has 2 heterocycles. The summed E-state index contributed by atoms with van der Waals surface area (Å²) in [5, 5.41) is 5.98. The van der Waals surface area contributed by atoms with Crippen LogP contribution in [0, 0.1) is 12.8 Å². The first-order valence-corrected chi connectivity index (χ1v) is 9.80. The fourth-order valence-electron chi connectivity index (χ4n) is 3.45. The van der Waals surface area contributed by atoms with E-state index in [-0.39, 0.29) is 6.03 Å². The predicted octanol–water partition coefficient (Wildman–Crippen LogP) is 3.33. The number of thioether (sulfide) groups is 1. The number of carbonyl (C=O) groups is 1. The normalized spacial score (nSPS) is 22.9. The second kappa shape index (κ2) is 8.06. The van der Waals surface area contributed by atoms with Crippen LogP contribution in [0.2, 0.25) is 0 Å². The lowest BCUT2D eigenvalue weighted by Crippen LogP contribution is -2.44. The molecule has 2 fully saturated rings. The van der Waals surface area contributed by atoms with Crippen LogP contribution in [-0.2, 0) is 0 Å². The van der Waals surface area contributed by atoms with Crippen LogP contribution in [0.4, 0.5) is 10.5 Å². The topological polar surface area (TPSA) is 44.4 Å². The molecule has 0 radical (unpaired) electrons. The fourth-order valence-corrected chi connectivity index (χ4v) is 4.70. The first-order valence-electron chi connectivity index (χ1n) is 8.64. The summed E-state index contributed by atoms with van der Waals surface area (Å²) in [5.74, 6) is 3.25. The summed E-state index contributed by atoms with van der Waals surface area (Å²) in [4.78, 5) is 14.7. The monoisotopic (exact) mass is 333 g/mol. The maximum Gasteiger partial charge on any atom is 0.319 e. The average Bonchev–Trinajstić information content (AvgIpc) is 3.10. The number of hydrogen-bond donors (Lipinski definition) is 2. The summed E-state index contributed by atoms with van der Waals surface area (Å²) in [5.41, 5.74) is 1.98. The summed E-state index contributed by atoms with van der Waals surface area (Å²) >= 11 is 2.09. The number of hydrogen-bond acceptors (Lipinski definition) is 3. The number of amides is 2. The largest absolute Gasteiger partial charge is 0.338 e. The molecule has 2 aliphatic rings. The van der Waals surface area contributed by atoms with Crippen molar-refractivity contribution in [3.63, 3.8) is 0 Å². The maximum absolute atomic E-state index is 12.0. The van der Waals surface area contributed by atoms with Gasteiger partial charge in [-0.15, -0.1) is 0 Å². The van der Waals surface area contributed by atoms with E-state index in [0.29, 0.717) is 5.92 Å². The highest BCUT2D eigenvalue weighted by molar-refractivity contribution is 7.99. The zero-order valence-electron chi connectivity index (χ0n) is 13.9. The Bertz CT molecular complexity index is 523. The van der Waals surface area contributed by atoms with Gasteiger partial charge in [-0.2, -0.15) is 11.8 Å². The molecule has 23 heavy (non-hydrogen) atoms. The molecule has 5 heteroatoms. The van der Waals surface area contributed by atoms with Gasteiger partial charge in [-0.25, -0.2) is 4.79 Å². The molecule has 2 amide bonds. The number of urea groups is 1. The summed E-state index contributed by atoms with van der Waals surface area (Å²) in [6, 6.07) is 8.58. The van der Waals surface area contributed by atoms with E-state index in [2.05, 4.69) is 27.3 Å². The predicted molar refractivity (Wildman–Crippen MR) is 98.2 cm³/mol. The standard InChI is InChI=1S/C18H27N3OS/c1-14-4-2-3-5-17(14)20-18(22)19-12-15-6-9-21(10-7-15)16-8-11-23-13-16/h2-5,15-16H,6-13H2,1H3,(H2,19,20,22). The molecule has 2 saturated heterocycles. The zero-order chi connectivity index (χ0) is 16.1. The van der Waals surface area contributed by atoms with E-state index >= 15 is 0 Å². The average molecular weight is 334 g/mol. The van der Waals surface area contributed by atoms with Gasteiger partial charge in [-0.1, -0.05) is 18.2 Å². The Labute approximate surface area is 143 Å². The first-order chi connectivity index (χ1) is 11.2. The Morgan fingerprint density at radius 3 is 2.74 bits per heavy atom. The molecule has 0 saturated carbocycles. The number of likely N-dealkylation sites (tertiary alicyclic amines) is 1. The number of carbonyl (C=O) groups excluding carboxylic acids is 1. The van der Waals surface area contributed by atoms with Crippen molar-refractivity contribution >= 4 is 23.5 Å². The minimum atomic E-state index is -0.0890. The van der Waals surface area contributed by atoms with Crippen molar-refractivity contribution in [2.24, 2.45) is 5.92 Å². The number of rotatable bonds is 4. The number of aryl methyl sites for hydroxylation is 1. The van der Waals surface area contributed by atoms with Crippen LogP contribution in [0.25, 0.3) is 0 Å². The Morgan fingerprint density at radius 1 is 1.26 bits per heavy atom. The van der Waals surface area contributed by atoms with Gasteiger partial charge in [0.25, 0.3) is 0 Å². The van der Waals surface area contributed by atoms with Crippen molar-refractivity contribution in [2.75, 3.05) is 36.5 Å². The van der Waals surface area contributed by atoms with Gasteiger partial charge < -0.3 is 10.6 Å². The Morgan fingerprint density at radius 2 is 2.04 bits per heavy atom. The van der Waals surface area contributed by atoms with Crippen molar-refractivity contribution in [2.45, 2.75) is 32.2 Å². The van der Waals surface area contributed by atoms with E-state index in [9.17, 15) is 4.79 Å². The smallest absolute Gasteiger partial charge is 0.319 e. The second-order valence-electron chi connectivity index (χ2n) is 6.65. The van der Waals surface area contributed by atoms with Gasteiger partial charge in [0.1, 0.15) is 0 Å². The van der Waals surface area contributed by atoms with E-state index < -0.39 is 0 Å². The minimum Gasteiger partial charge on any atom is -0.338 e. The van der Waals surface area contributed by atoms with Crippen molar-refractivity contribution in [1.82, 2.24) is 10.2 Å². The molecule has 1 unspecified atom stereocenters. The molecule has 2 aliphatic heterocycles. The third-order valence-electron chi connectivity index (χ3n) is 5.02. The highest BCUT2D eigenvalue weighted by Gasteiger charge is 2.27. The molecular weight excluding hydrogens is 306 g/mol. The lowest BCUT2D eigenvalue weighted by Gasteiger charge is -2.35. The molecule has 2 N–H and O–H groups in total. The lowest BCUT2D eigenvalue weighted by atomic mass is 9.95. The molecule has 0 bridgehead atoms. The van der Waals surface area contributed by atoms with Crippen LogP contribution in [0.3, 0.4) is 0 Å². The number of para-hydroxylation sites is 1. The SMILES string of the molecule is Cc1ccccc1NC(=O)NCC1CCN(C2CCSC2)CC1. The van der Waals surface area contributed by atoms with Crippen LogP contribution in [0.5, 0.6) is 0 Å². The molecule has 0 aliphatic carbocycles. The molecule has 0 spiro atoms. The molecule has 126 valence electrons. The van der Waals surface area contributed by atoms with Gasteiger partial charge in [0, 0.05) is 24.0 Å². The number of nitrogens with one attached hydrogen (secondary N) is 2. The van der Waals surface area contributed by atoms with Crippen LogP contribution >= 0.6 is 11.8 Å². The van der Waals surface area contributed by atoms with Gasteiger partial charge in [0.15, 0.2) is 0 Å². The first kappa shape index (κ1) is 16.7. The molecule has 1 atom stereocenters. The highest BCUT2D eigenvalue weighted by Crippen LogP contribution is 2.26. The minimum absolute atomic E-state index is 0.0890. The highest BCUT2D eigenvalue weighted by atomic mass is 32.2. The lowest BCUT2D eigenvalue weighted by molar-refractivity contribution is 0.143. The van der Waals surface area contributed by atoms with E-state index in [1.807, 2.05) is 31.2 Å². The zero-order valence-corrected chi connectivity index (χ0v) is 14.7. The van der Waals surface area contributed by atoms with Gasteiger partial charge in [-0.3, -0.25) is 4.90 Å². The Kier molecular flexibility index (Phi) is 5.84. The molecule has 4 nitrogen and oxygen atoms in total. The third kappa shape index (κ3) is 4.64. The summed E-state index contributed by atoms with van der Waals surface area (Å²) < 4.78 is 0. The van der Waals surface area contributed by atoms with Gasteiger partial charge in [-0.05, 0) is 62.6 Å². The number of benzene rings is 1. The summed E-state index contributed by atoms with van der Waals surface area (Å²) in [7, 11) is 0. The van der Waals surface area contributed by atoms with Gasteiger partial charge in [0.05, 0.1) is 0 Å². The summed E-state index contributed by atoms with van der Waals surface area (Å²) in [6.45, 7) is 5.17. The van der Waals surface area contributed by atoms with Crippen LogP contribution in [0.15, 0.2) is 24.3 Å². The van der Waals surface area contributed by atoms with Crippen molar-refractivity contribution in [1.29, 1.82) is 0 Å². The van der Waals surface area contributed by atoms with Crippen molar-refractivity contribution in [3.05, 3.63) is 29.8 Å². The fraction of sp³-hybridized carbons (Fsp3) is 0.611. The van der Waals surface area contributed by atoms with Gasteiger partial charge in [0.2, 0.25) is 0 Å². The third-order valence-corrected chi connectivity index (χ3v) is 6.16. The molecule has 1 aromatic rings. The van der Waals surface area contributed by atoms with E-state index in [1.165, 1.54) is 43.9 Å². The van der Waals surface area contributed by atoms with E-state index in [1.54, 1.807) is 0 Å². The molecule has 3 rings (SSSR count). The Balaban J connectivity index is 1.38. The van der Waals surface area contributed by atoms with Crippen molar-refractivity contribution in [3.8, 4) is 0 Å². The van der Waals surface area contributed by atoms with E-state index in [4.69, 9.17) is 0 Å². The van der Waals surface area contributed by atoms with Crippen LogP contribution < -0.4 is 10.6 Å². The number of piperidine rings is 1. The molecular formula is C18H27N3OS. The van der Waals surface area contributed by atoms with Crippen molar-refractivity contribution < 1.29 is 4.79 Å². The number of anilines is 1. The van der Waals surface area contributed by atoms with Gasteiger partial charge >= 0.3 is 6.03 Å². The quantitative estimate of drug-likeness (QED) is 0.888. The maximum atomic E-state index is 12.0. The Hall–Kier alpha value is -1.20. The second-order valence-corrected chi connectivity index (χ2v) is 7.80. The van der Waals surface area contributed by atoms with Crippen LogP contribution in [0.1, 0.15) is 24.8 Å². The summed E-state index contributed by atoms with van der Waals surface area (Å²) in [6.07, 6.45) is 3.75. The number of nitrogens with zero attached hydrogens (tertiary/aromatic N) is 1. The molecule has 1 aromatic carbocycles. The molecule has 0 aromatic heterocycles.